The summed E-state index contributed by atoms with van der Waals surface area (Å²) in [7, 11) is -1.64. The van der Waals surface area contributed by atoms with E-state index in [1.165, 1.54) is 17.7 Å². The Bertz CT molecular complexity index is 1640. The van der Waals surface area contributed by atoms with Crippen LogP contribution in [0.4, 0.5) is 4.79 Å². The normalized spacial score (nSPS) is 12.0. The number of nitrogens with one attached hydrogen (secondary N) is 3. The van der Waals surface area contributed by atoms with Gasteiger partial charge in [-0.3, -0.25) is 0 Å². The van der Waals surface area contributed by atoms with Crippen molar-refractivity contribution in [3.05, 3.63) is 119 Å². The van der Waals surface area contributed by atoms with Crippen LogP contribution in [0.15, 0.2) is 91.0 Å². The highest BCUT2D eigenvalue weighted by atomic mass is 28.3. The number of rotatable bonds is 17. The van der Waals surface area contributed by atoms with Crippen molar-refractivity contribution in [3.8, 4) is 0 Å². The summed E-state index contributed by atoms with van der Waals surface area (Å²) in [5, 5.41) is 30.2. The third-order valence-electron chi connectivity index (χ3n) is 7.85. The van der Waals surface area contributed by atoms with Crippen molar-refractivity contribution in [2.75, 3.05) is 26.4 Å². The van der Waals surface area contributed by atoms with Crippen LogP contribution in [-0.2, 0) is 33.7 Å². The zero-order valence-electron chi connectivity index (χ0n) is 34.6. The second-order valence-electron chi connectivity index (χ2n) is 15.3. The van der Waals surface area contributed by atoms with E-state index in [1.807, 2.05) is 105 Å². The Balaban J connectivity index is 0.000000287. The van der Waals surface area contributed by atoms with E-state index in [1.54, 1.807) is 0 Å². The van der Waals surface area contributed by atoms with Crippen molar-refractivity contribution in [1.82, 2.24) is 46.6 Å². The van der Waals surface area contributed by atoms with Gasteiger partial charge in [0.15, 0.2) is 11.6 Å². The number of tetrazole rings is 2. The van der Waals surface area contributed by atoms with E-state index in [4.69, 9.17) is 19.9 Å². The minimum Gasteiger partial charge on any atom is -0.445 e. The van der Waals surface area contributed by atoms with Gasteiger partial charge in [-0.1, -0.05) is 141 Å². The average Bonchev–Trinajstić information content (AvgIpc) is 3.92. The number of aromatic nitrogens is 8. The van der Waals surface area contributed by atoms with Crippen LogP contribution in [0, 0.1) is 0 Å². The zero-order valence-corrected chi connectivity index (χ0v) is 36.6. The van der Waals surface area contributed by atoms with E-state index in [-0.39, 0.29) is 12.6 Å². The summed E-state index contributed by atoms with van der Waals surface area (Å²) in [6.07, 6.45) is 0.742. The number of H-pyrrole nitrogens is 2. The first-order chi connectivity index (χ1) is 26.8. The van der Waals surface area contributed by atoms with E-state index in [0.717, 1.165) is 44.0 Å². The molecule has 0 aliphatic heterocycles. The highest BCUT2D eigenvalue weighted by Gasteiger charge is 2.20. The van der Waals surface area contributed by atoms with E-state index in [9.17, 15) is 4.79 Å². The summed E-state index contributed by atoms with van der Waals surface area (Å²) in [6, 6.07) is 31.2. The van der Waals surface area contributed by atoms with Crippen molar-refractivity contribution in [1.29, 1.82) is 0 Å². The summed E-state index contributed by atoms with van der Waals surface area (Å²) >= 11 is 0. The molecule has 14 nitrogen and oxygen atoms in total. The van der Waals surface area contributed by atoms with Gasteiger partial charge in [-0.25, -0.2) is 4.79 Å². The molecule has 2 aromatic heterocycles. The van der Waals surface area contributed by atoms with Crippen LogP contribution < -0.4 is 11.1 Å². The van der Waals surface area contributed by atoms with E-state index >= 15 is 0 Å². The topological polar surface area (TPSA) is 192 Å². The first kappa shape index (κ1) is 47.5. The summed E-state index contributed by atoms with van der Waals surface area (Å²) in [5.41, 5.74) is 9.03. The van der Waals surface area contributed by atoms with Crippen molar-refractivity contribution in [2.45, 2.75) is 96.7 Å². The van der Waals surface area contributed by atoms with Gasteiger partial charge in [0, 0.05) is 49.0 Å². The van der Waals surface area contributed by atoms with Crippen molar-refractivity contribution >= 4 is 22.2 Å². The van der Waals surface area contributed by atoms with Crippen LogP contribution >= 0.6 is 0 Å². The summed E-state index contributed by atoms with van der Waals surface area (Å²) in [5.74, 6) is 0.962. The van der Waals surface area contributed by atoms with Gasteiger partial charge in [-0.05, 0) is 49.0 Å². The number of carbonyl (C=O) groups excluding carboxylic acids is 1. The third kappa shape index (κ3) is 23.3. The Morgan fingerprint density at radius 2 is 1.09 bits per heavy atom. The predicted octanol–water partition coefficient (Wildman–Crippen LogP) is 7.57. The van der Waals surface area contributed by atoms with E-state index < -0.39 is 28.3 Å². The second kappa shape index (κ2) is 27.1. The van der Waals surface area contributed by atoms with Gasteiger partial charge in [-0.15, -0.1) is 20.4 Å². The molecule has 3 aromatic carbocycles. The minimum atomic E-state index is -0.819. The summed E-state index contributed by atoms with van der Waals surface area (Å²) < 4.78 is 15.7. The van der Waals surface area contributed by atoms with Gasteiger partial charge >= 0.3 is 6.09 Å². The number of benzene rings is 3. The van der Waals surface area contributed by atoms with Crippen molar-refractivity contribution in [2.24, 2.45) is 5.73 Å². The molecule has 0 saturated heterocycles. The molecule has 0 saturated carbocycles. The number of carbonyl (C=O) groups is 1. The molecular formula is C40H64N10O4Si2. The number of aromatic amines is 2. The fourth-order valence-corrected chi connectivity index (χ4v) is 6.13. The Morgan fingerprint density at radius 3 is 1.50 bits per heavy atom. The quantitative estimate of drug-likeness (QED) is 0.0535. The Morgan fingerprint density at radius 1 is 0.661 bits per heavy atom. The number of nitrogens with zero attached hydrogens (tertiary/aromatic N) is 6. The number of hydrogen-bond donors (Lipinski definition) is 4. The fraction of sp³-hybridized carbons (Fsp3) is 0.475. The molecule has 306 valence electrons. The van der Waals surface area contributed by atoms with Crippen LogP contribution in [0.1, 0.15) is 54.3 Å². The van der Waals surface area contributed by atoms with Gasteiger partial charge in [0.1, 0.15) is 12.6 Å². The standard InChI is InChI=1S/C17H17N5O2.C9H11N5.2C7H18OSi/c23-17(24-12-14-9-5-2-6-10-14)18-15(16-19-21-22-20-16)11-13-7-3-1-4-8-13;10-8(9-11-13-14-12-9)6-7-4-2-1-3-5-7;2*1-5-8-6-7-9(2,3)4/h1-10,15H,11-12H2,(H,18,23)(H,19,20,21,22);1-5,8H,6,10H2,(H,11,12,13,14);2*5-7H2,1-4H3. The number of ether oxygens (including phenoxy) is 3. The molecule has 5 N–H and O–H groups in total. The van der Waals surface area contributed by atoms with Crippen LogP contribution in [0.5, 0.6) is 0 Å². The molecular weight excluding hydrogens is 741 g/mol. The lowest BCUT2D eigenvalue weighted by Gasteiger charge is -2.15. The van der Waals surface area contributed by atoms with E-state index in [2.05, 4.69) is 85.8 Å². The molecule has 56 heavy (non-hydrogen) atoms. The molecule has 0 spiro atoms. The molecule has 0 fully saturated rings. The first-order valence-corrected chi connectivity index (χ1v) is 26.6. The fourth-order valence-electron chi connectivity index (χ4n) is 4.61. The van der Waals surface area contributed by atoms with Gasteiger partial charge in [0.25, 0.3) is 0 Å². The zero-order chi connectivity index (χ0) is 41.1. The molecule has 5 rings (SSSR count). The highest BCUT2D eigenvalue weighted by Crippen LogP contribution is 2.15. The Hall–Kier alpha value is -4.62. The molecule has 0 bridgehead atoms. The second-order valence-corrected chi connectivity index (χ2v) is 26.5. The van der Waals surface area contributed by atoms with Crippen LogP contribution in [0.25, 0.3) is 0 Å². The monoisotopic (exact) mass is 804 g/mol. The molecule has 0 radical (unpaired) electrons. The largest absolute Gasteiger partial charge is 0.445 e. The number of hydrogen-bond acceptors (Lipinski definition) is 11. The molecule has 0 aliphatic rings. The number of nitrogens with two attached hydrogens (primary N) is 1. The van der Waals surface area contributed by atoms with Gasteiger partial charge < -0.3 is 25.3 Å². The number of alkyl carbamates (subject to hydrolysis) is 1. The molecule has 5 aromatic rings. The lowest BCUT2D eigenvalue weighted by molar-refractivity contribution is 0.135. The Labute approximate surface area is 335 Å². The lowest BCUT2D eigenvalue weighted by atomic mass is 10.1. The van der Waals surface area contributed by atoms with Gasteiger partial charge in [0.05, 0.1) is 6.04 Å². The minimum absolute atomic E-state index is 0.198. The van der Waals surface area contributed by atoms with Crippen LogP contribution in [0.3, 0.4) is 0 Å². The maximum Gasteiger partial charge on any atom is 0.408 e. The van der Waals surface area contributed by atoms with Crippen molar-refractivity contribution < 1.29 is 19.0 Å². The SMILES string of the molecule is CCOCC[Si](C)(C)C.CCOCC[Si](C)(C)C.NC(Cc1ccccc1)c1nn[nH]n1.O=C(NC(Cc1ccccc1)c1nn[nH]n1)OCc1ccccc1. The third-order valence-corrected chi connectivity index (χ3v) is 11.3. The lowest BCUT2D eigenvalue weighted by Crippen LogP contribution is -2.31. The van der Waals surface area contributed by atoms with Crippen LogP contribution in [0.2, 0.25) is 51.4 Å². The number of amides is 1. The van der Waals surface area contributed by atoms with Crippen molar-refractivity contribution in [3.63, 3.8) is 0 Å². The average molecular weight is 805 g/mol. The predicted molar refractivity (Wildman–Crippen MR) is 227 cm³/mol. The molecule has 2 unspecified atom stereocenters. The van der Waals surface area contributed by atoms with Gasteiger partial charge in [-0.2, -0.15) is 10.4 Å². The molecule has 2 heterocycles. The van der Waals surface area contributed by atoms with Crippen LogP contribution in [-0.4, -0.2) is 89.9 Å². The summed E-state index contributed by atoms with van der Waals surface area (Å²) in [4.78, 5) is 12.1. The molecule has 0 aliphatic carbocycles. The molecule has 2 atom stereocenters. The maximum atomic E-state index is 12.1. The molecule has 16 heteroatoms. The summed E-state index contributed by atoms with van der Waals surface area (Å²) in [6.45, 7) is 22.2. The highest BCUT2D eigenvalue weighted by molar-refractivity contribution is 6.76. The molecule has 1 amide bonds. The van der Waals surface area contributed by atoms with E-state index in [0.29, 0.717) is 18.1 Å². The Kier molecular flexibility index (Phi) is 23.0. The first-order valence-electron chi connectivity index (χ1n) is 19.2. The van der Waals surface area contributed by atoms with Gasteiger partial charge in [0.2, 0.25) is 0 Å². The smallest absolute Gasteiger partial charge is 0.408 e. The maximum absolute atomic E-state index is 12.1.